The molecule has 1 aliphatic rings. The Kier molecular flexibility index (Phi) is 6.11. The predicted octanol–water partition coefficient (Wildman–Crippen LogP) is 2.77. The molecule has 0 bridgehead atoms. The van der Waals surface area contributed by atoms with Crippen LogP contribution in [-0.4, -0.2) is 38.2 Å². The fourth-order valence-corrected chi connectivity index (χ4v) is 4.58. The SMILES string of the molecule is Cc1ccc(N2CCC(CNS(=O)(=O)Cc3ccccc3Cl)CC2)nn1. The van der Waals surface area contributed by atoms with Crippen molar-refractivity contribution in [3.05, 3.63) is 52.7 Å². The third kappa shape index (κ3) is 5.16. The van der Waals surface area contributed by atoms with E-state index in [0.717, 1.165) is 37.4 Å². The predicted molar refractivity (Wildman–Crippen MR) is 104 cm³/mol. The van der Waals surface area contributed by atoms with E-state index < -0.39 is 10.0 Å². The van der Waals surface area contributed by atoms with E-state index in [9.17, 15) is 8.42 Å². The average Bonchev–Trinajstić information content (AvgIpc) is 2.63. The van der Waals surface area contributed by atoms with Crippen molar-refractivity contribution in [2.75, 3.05) is 24.5 Å². The molecule has 8 heteroatoms. The molecule has 0 radical (unpaired) electrons. The second-order valence-corrected chi connectivity index (χ2v) is 8.88. The van der Waals surface area contributed by atoms with Gasteiger partial charge in [-0.25, -0.2) is 13.1 Å². The minimum Gasteiger partial charge on any atom is -0.355 e. The maximum absolute atomic E-state index is 12.3. The van der Waals surface area contributed by atoms with Gasteiger partial charge in [0.25, 0.3) is 0 Å². The molecule has 1 N–H and O–H groups in total. The van der Waals surface area contributed by atoms with Crippen molar-refractivity contribution in [3.63, 3.8) is 0 Å². The van der Waals surface area contributed by atoms with Crippen molar-refractivity contribution in [3.8, 4) is 0 Å². The van der Waals surface area contributed by atoms with Gasteiger partial charge < -0.3 is 4.90 Å². The van der Waals surface area contributed by atoms with Crippen molar-refractivity contribution >= 4 is 27.4 Å². The van der Waals surface area contributed by atoms with Crippen LogP contribution in [0.4, 0.5) is 5.82 Å². The summed E-state index contributed by atoms with van der Waals surface area (Å²) in [7, 11) is -3.40. The summed E-state index contributed by atoms with van der Waals surface area (Å²) in [5.41, 5.74) is 1.52. The molecular formula is C18H23ClN4O2S. The minimum absolute atomic E-state index is 0.0928. The van der Waals surface area contributed by atoms with Crippen LogP contribution in [-0.2, 0) is 15.8 Å². The lowest BCUT2D eigenvalue weighted by molar-refractivity contribution is 0.400. The van der Waals surface area contributed by atoms with E-state index in [-0.39, 0.29) is 5.75 Å². The van der Waals surface area contributed by atoms with Gasteiger partial charge in [0.15, 0.2) is 5.82 Å². The van der Waals surface area contributed by atoms with Gasteiger partial charge in [-0.1, -0.05) is 29.8 Å². The number of aromatic nitrogens is 2. The van der Waals surface area contributed by atoms with Crippen molar-refractivity contribution in [1.29, 1.82) is 0 Å². The zero-order chi connectivity index (χ0) is 18.6. The number of benzene rings is 1. The maximum Gasteiger partial charge on any atom is 0.215 e. The van der Waals surface area contributed by atoms with Crippen LogP contribution in [0, 0.1) is 12.8 Å². The Balaban J connectivity index is 1.48. The molecule has 6 nitrogen and oxygen atoms in total. The lowest BCUT2D eigenvalue weighted by Crippen LogP contribution is -2.39. The van der Waals surface area contributed by atoms with Gasteiger partial charge in [-0.3, -0.25) is 0 Å². The minimum atomic E-state index is -3.40. The lowest BCUT2D eigenvalue weighted by atomic mass is 9.97. The first kappa shape index (κ1) is 19.1. The van der Waals surface area contributed by atoms with Crippen LogP contribution in [0.1, 0.15) is 24.1 Å². The van der Waals surface area contributed by atoms with Crippen LogP contribution in [0.2, 0.25) is 5.02 Å². The van der Waals surface area contributed by atoms with Crippen LogP contribution >= 0.6 is 11.6 Å². The third-order valence-electron chi connectivity index (χ3n) is 4.62. The van der Waals surface area contributed by atoms with Crippen LogP contribution in [0.25, 0.3) is 0 Å². The van der Waals surface area contributed by atoms with Crippen molar-refractivity contribution in [2.24, 2.45) is 5.92 Å². The molecule has 1 saturated heterocycles. The Morgan fingerprint density at radius 1 is 1.15 bits per heavy atom. The molecule has 2 aromatic rings. The Bertz CT molecular complexity index is 835. The van der Waals surface area contributed by atoms with Gasteiger partial charge in [0.1, 0.15) is 0 Å². The summed E-state index contributed by atoms with van der Waals surface area (Å²) in [5, 5.41) is 8.79. The van der Waals surface area contributed by atoms with E-state index in [1.165, 1.54) is 0 Å². The zero-order valence-corrected chi connectivity index (χ0v) is 16.3. The molecule has 1 aromatic carbocycles. The molecule has 0 spiro atoms. The fourth-order valence-electron chi connectivity index (χ4n) is 3.04. The van der Waals surface area contributed by atoms with E-state index in [2.05, 4.69) is 19.8 Å². The molecule has 1 aromatic heterocycles. The number of hydrogen-bond donors (Lipinski definition) is 1. The van der Waals surface area contributed by atoms with Crippen molar-refractivity contribution < 1.29 is 8.42 Å². The summed E-state index contributed by atoms with van der Waals surface area (Å²) < 4.78 is 27.4. The molecular weight excluding hydrogens is 372 g/mol. The molecule has 26 heavy (non-hydrogen) atoms. The second-order valence-electron chi connectivity index (χ2n) is 6.66. The van der Waals surface area contributed by atoms with Gasteiger partial charge in [0.2, 0.25) is 10.0 Å². The molecule has 0 saturated carbocycles. The van der Waals surface area contributed by atoms with Crippen molar-refractivity contribution in [2.45, 2.75) is 25.5 Å². The van der Waals surface area contributed by atoms with Crippen LogP contribution in [0.15, 0.2) is 36.4 Å². The van der Waals surface area contributed by atoms with Crippen LogP contribution in [0.3, 0.4) is 0 Å². The summed E-state index contributed by atoms with van der Waals surface area (Å²) in [6.45, 7) is 4.08. The first-order valence-corrected chi connectivity index (χ1v) is 10.7. The number of anilines is 1. The summed E-state index contributed by atoms with van der Waals surface area (Å²) in [6.07, 6.45) is 1.84. The van der Waals surface area contributed by atoms with E-state index in [0.29, 0.717) is 23.0 Å². The van der Waals surface area contributed by atoms with Gasteiger partial charge in [-0.2, -0.15) is 5.10 Å². The van der Waals surface area contributed by atoms with Crippen LogP contribution in [0.5, 0.6) is 0 Å². The summed E-state index contributed by atoms with van der Waals surface area (Å²) >= 11 is 6.05. The van der Waals surface area contributed by atoms with Gasteiger partial charge >= 0.3 is 0 Å². The van der Waals surface area contributed by atoms with E-state index in [1.54, 1.807) is 24.3 Å². The normalized spacial score (nSPS) is 16.0. The number of piperidine rings is 1. The largest absolute Gasteiger partial charge is 0.355 e. The highest BCUT2D eigenvalue weighted by Gasteiger charge is 2.22. The van der Waals surface area contributed by atoms with Gasteiger partial charge in [-0.15, -0.1) is 5.10 Å². The molecule has 140 valence electrons. The highest BCUT2D eigenvalue weighted by molar-refractivity contribution is 7.88. The Morgan fingerprint density at radius 3 is 2.54 bits per heavy atom. The number of sulfonamides is 1. The molecule has 1 aliphatic heterocycles. The quantitative estimate of drug-likeness (QED) is 0.815. The summed E-state index contributed by atoms with van der Waals surface area (Å²) in [5.74, 6) is 1.11. The monoisotopic (exact) mass is 394 g/mol. The third-order valence-corrected chi connectivity index (χ3v) is 6.28. The first-order valence-electron chi connectivity index (χ1n) is 8.69. The smallest absolute Gasteiger partial charge is 0.215 e. The van der Waals surface area contributed by atoms with Gasteiger partial charge in [-0.05, 0) is 49.4 Å². The molecule has 0 atom stereocenters. The fraction of sp³-hybridized carbons (Fsp3) is 0.444. The molecule has 2 heterocycles. The number of nitrogens with zero attached hydrogens (tertiary/aromatic N) is 3. The van der Waals surface area contributed by atoms with Crippen LogP contribution < -0.4 is 9.62 Å². The molecule has 0 aliphatic carbocycles. The van der Waals surface area contributed by atoms with E-state index in [4.69, 9.17) is 11.6 Å². The van der Waals surface area contributed by atoms with Crippen molar-refractivity contribution in [1.82, 2.24) is 14.9 Å². The summed E-state index contributed by atoms with van der Waals surface area (Å²) in [4.78, 5) is 2.20. The number of rotatable bonds is 6. The number of aryl methyl sites for hydroxylation is 1. The van der Waals surface area contributed by atoms with E-state index in [1.807, 2.05) is 19.1 Å². The second kappa shape index (κ2) is 8.33. The number of halogens is 1. The summed E-state index contributed by atoms with van der Waals surface area (Å²) in [6, 6.07) is 11.0. The Labute approximate surface area is 159 Å². The number of hydrogen-bond acceptors (Lipinski definition) is 5. The topological polar surface area (TPSA) is 75.2 Å². The molecule has 3 rings (SSSR count). The highest BCUT2D eigenvalue weighted by Crippen LogP contribution is 2.22. The van der Waals surface area contributed by atoms with Gasteiger partial charge in [0.05, 0.1) is 11.4 Å². The first-order chi connectivity index (χ1) is 12.4. The Hall–Kier alpha value is -1.70. The standard InChI is InChI=1S/C18H23ClN4O2S/c1-14-6-7-18(22-21-14)23-10-8-15(9-11-23)12-20-26(24,25)13-16-4-2-3-5-17(16)19/h2-7,15,20H,8-13H2,1H3. The lowest BCUT2D eigenvalue weighted by Gasteiger charge is -2.32. The zero-order valence-electron chi connectivity index (χ0n) is 14.7. The average molecular weight is 395 g/mol. The highest BCUT2D eigenvalue weighted by atomic mass is 35.5. The maximum atomic E-state index is 12.3. The molecule has 0 amide bonds. The molecule has 0 unspecified atom stereocenters. The molecule has 1 fully saturated rings. The Morgan fingerprint density at radius 2 is 1.88 bits per heavy atom. The number of nitrogens with one attached hydrogen (secondary N) is 1. The van der Waals surface area contributed by atoms with Gasteiger partial charge in [0, 0.05) is 24.7 Å². The van der Waals surface area contributed by atoms with E-state index >= 15 is 0 Å².